The minimum Gasteiger partial charge on any atom is -0.317 e. The standard InChI is InChI=1S/C16H25N3OS/c1-15(2,3)21(20)19-14-12-5-4-8-18-13(12)11-16(14)6-9-17-10-7-16/h4-5,8,14,17,19H,6-7,9-11H2,1-3H3/t14-,21-/m1/s1/i4D. The van der Waals surface area contributed by atoms with Gasteiger partial charge in [-0.15, -0.1) is 0 Å². The van der Waals surface area contributed by atoms with E-state index in [0.717, 1.165) is 43.6 Å². The van der Waals surface area contributed by atoms with E-state index in [1.54, 1.807) is 6.20 Å². The predicted molar refractivity (Wildman–Crippen MR) is 86.2 cm³/mol. The van der Waals surface area contributed by atoms with Gasteiger partial charge in [-0.2, -0.15) is 0 Å². The van der Waals surface area contributed by atoms with E-state index in [9.17, 15) is 4.21 Å². The first kappa shape index (κ1) is 13.9. The molecular formula is C16H25N3OS. The van der Waals surface area contributed by atoms with Gasteiger partial charge in [0.15, 0.2) is 0 Å². The summed E-state index contributed by atoms with van der Waals surface area (Å²) in [5.41, 5.74) is 2.23. The number of nitrogens with one attached hydrogen (secondary N) is 2. The lowest BCUT2D eigenvalue weighted by Crippen LogP contribution is -2.46. The van der Waals surface area contributed by atoms with Gasteiger partial charge in [-0.3, -0.25) is 4.98 Å². The van der Waals surface area contributed by atoms with Crippen LogP contribution in [0.1, 0.15) is 52.3 Å². The molecule has 2 aliphatic rings. The second-order valence-corrected chi connectivity index (χ2v) is 9.19. The summed E-state index contributed by atoms with van der Waals surface area (Å²) in [6.07, 6.45) is 4.64. The van der Waals surface area contributed by atoms with Crippen molar-refractivity contribution in [3.63, 3.8) is 0 Å². The third-order valence-corrected chi connectivity index (χ3v) is 6.25. The van der Waals surface area contributed by atoms with Gasteiger partial charge in [0.05, 0.1) is 23.1 Å². The molecule has 1 saturated heterocycles. The third-order valence-electron chi connectivity index (χ3n) is 4.69. The number of hydrogen-bond acceptors (Lipinski definition) is 3. The highest BCUT2D eigenvalue weighted by Crippen LogP contribution is 2.50. The zero-order chi connectivity index (χ0) is 16.0. The Hall–Kier alpha value is -0.780. The van der Waals surface area contributed by atoms with Crippen molar-refractivity contribution in [1.29, 1.82) is 0 Å². The van der Waals surface area contributed by atoms with Gasteiger partial charge in [-0.1, -0.05) is 6.07 Å². The maximum Gasteiger partial charge on any atom is 0.0976 e. The molecule has 2 heterocycles. The van der Waals surface area contributed by atoms with Crippen LogP contribution >= 0.6 is 0 Å². The summed E-state index contributed by atoms with van der Waals surface area (Å²) in [5, 5.41) is 3.42. The maximum absolute atomic E-state index is 12.7. The molecule has 0 saturated carbocycles. The Balaban J connectivity index is 1.97. The summed E-state index contributed by atoms with van der Waals surface area (Å²) in [7, 11) is -1.13. The minimum atomic E-state index is -1.13. The molecule has 21 heavy (non-hydrogen) atoms. The molecule has 1 aromatic heterocycles. The second-order valence-electron chi connectivity index (χ2n) is 7.19. The molecule has 4 nitrogen and oxygen atoms in total. The molecule has 116 valence electrons. The molecule has 1 aliphatic heterocycles. The topological polar surface area (TPSA) is 54.0 Å². The first-order valence-electron chi connectivity index (χ1n) is 8.16. The lowest BCUT2D eigenvalue weighted by molar-refractivity contribution is 0.164. The number of aromatic nitrogens is 1. The molecule has 3 rings (SSSR count). The molecular weight excluding hydrogens is 282 g/mol. The van der Waals surface area contributed by atoms with Crippen molar-refractivity contribution in [3.8, 4) is 0 Å². The summed E-state index contributed by atoms with van der Waals surface area (Å²) >= 11 is 0. The van der Waals surface area contributed by atoms with E-state index in [4.69, 9.17) is 1.37 Å². The van der Waals surface area contributed by atoms with Crippen LogP contribution in [0, 0.1) is 5.41 Å². The van der Waals surface area contributed by atoms with Gasteiger partial charge in [0.25, 0.3) is 0 Å². The average Bonchev–Trinajstić information content (AvgIpc) is 2.72. The summed E-state index contributed by atoms with van der Waals surface area (Å²) in [5.74, 6) is 0. The zero-order valence-corrected chi connectivity index (χ0v) is 13.8. The molecule has 2 atom stereocenters. The fraction of sp³-hybridized carbons (Fsp3) is 0.688. The van der Waals surface area contributed by atoms with Crippen molar-refractivity contribution < 1.29 is 5.58 Å². The normalized spacial score (nSPS) is 26.4. The SMILES string of the molecule is [2H]c1cnc2c(c1)[C@@H](N[S@](=O)C(C)(C)C)C1(CCNCC1)C2. The molecule has 0 radical (unpaired) electrons. The summed E-state index contributed by atoms with van der Waals surface area (Å²) in [6.45, 7) is 7.94. The van der Waals surface area contributed by atoms with Crippen LogP contribution in [0.2, 0.25) is 0 Å². The van der Waals surface area contributed by atoms with Gasteiger partial charge < -0.3 is 5.32 Å². The first-order valence-corrected chi connectivity index (χ1v) is 8.81. The Morgan fingerprint density at radius 2 is 2.19 bits per heavy atom. The number of rotatable bonds is 2. The Labute approximate surface area is 131 Å². The van der Waals surface area contributed by atoms with E-state index >= 15 is 0 Å². The Morgan fingerprint density at radius 3 is 2.86 bits per heavy atom. The van der Waals surface area contributed by atoms with Gasteiger partial charge in [-0.05, 0) is 70.1 Å². The van der Waals surface area contributed by atoms with Crippen molar-refractivity contribution in [2.75, 3.05) is 13.1 Å². The highest BCUT2D eigenvalue weighted by atomic mass is 32.2. The molecule has 1 fully saturated rings. The predicted octanol–water partition coefficient (Wildman–Crippen LogP) is 2.10. The minimum absolute atomic E-state index is 0.0301. The number of pyridine rings is 1. The Kier molecular flexibility index (Phi) is 3.59. The lowest BCUT2D eigenvalue weighted by atomic mass is 9.74. The second kappa shape index (κ2) is 5.45. The fourth-order valence-electron chi connectivity index (χ4n) is 3.43. The lowest BCUT2D eigenvalue weighted by Gasteiger charge is -2.40. The van der Waals surface area contributed by atoms with Crippen molar-refractivity contribution >= 4 is 11.0 Å². The van der Waals surface area contributed by atoms with Crippen LogP contribution in [0.5, 0.6) is 0 Å². The van der Waals surface area contributed by atoms with Crippen LogP contribution in [0.4, 0.5) is 0 Å². The highest BCUT2D eigenvalue weighted by molar-refractivity contribution is 7.84. The van der Waals surface area contributed by atoms with Gasteiger partial charge >= 0.3 is 0 Å². The molecule has 0 amide bonds. The van der Waals surface area contributed by atoms with E-state index < -0.39 is 11.0 Å². The smallest absolute Gasteiger partial charge is 0.0976 e. The van der Waals surface area contributed by atoms with E-state index in [-0.39, 0.29) is 16.2 Å². The Morgan fingerprint density at radius 1 is 1.48 bits per heavy atom. The maximum atomic E-state index is 12.7. The largest absolute Gasteiger partial charge is 0.317 e. The number of fused-ring (bicyclic) bond motifs is 1. The molecule has 2 N–H and O–H groups in total. The van der Waals surface area contributed by atoms with Crippen LogP contribution in [0.3, 0.4) is 0 Å². The molecule has 0 unspecified atom stereocenters. The number of piperidine rings is 1. The quantitative estimate of drug-likeness (QED) is 0.880. The van der Waals surface area contributed by atoms with Crippen LogP contribution in [-0.4, -0.2) is 27.0 Å². The van der Waals surface area contributed by atoms with Crippen LogP contribution in [0.15, 0.2) is 18.3 Å². The molecule has 0 aromatic carbocycles. The van der Waals surface area contributed by atoms with Crippen molar-refractivity contribution in [2.24, 2.45) is 5.41 Å². The molecule has 5 heteroatoms. The molecule has 0 bridgehead atoms. The summed E-state index contributed by atoms with van der Waals surface area (Å²) in [6, 6.07) is 2.36. The summed E-state index contributed by atoms with van der Waals surface area (Å²) in [4.78, 5) is 4.48. The van der Waals surface area contributed by atoms with Gasteiger partial charge in [-0.25, -0.2) is 8.93 Å². The molecule has 1 aliphatic carbocycles. The van der Waals surface area contributed by atoms with Crippen molar-refractivity contribution in [2.45, 2.75) is 50.8 Å². The third kappa shape index (κ3) is 2.79. The fourth-order valence-corrected chi connectivity index (χ4v) is 4.37. The number of nitrogens with zero attached hydrogens (tertiary/aromatic N) is 1. The van der Waals surface area contributed by atoms with E-state index in [0.29, 0.717) is 6.04 Å². The van der Waals surface area contributed by atoms with E-state index in [1.165, 1.54) is 0 Å². The van der Waals surface area contributed by atoms with E-state index in [1.807, 2.05) is 26.8 Å². The highest BCUT2D eigenvalue weighted by Gasteiger charge is 2.48. The zero-order valence-electron chi connectivity index (χ0n) is 14.0. The van der Waals surface area contributed by atoms with Crippen LogP contribution in [0.25, 0.3) is 0 Å². The first-order chi connectivity index (χ1) is 10.3. The monoisotopic (exact) mass is 308 g/mol. The average molecular weight is 308 g/mol. The van der Waals surface area contributed by atoms with E-state index in [2.05, 4.69) is 15.0 Å². The Bertz CT molecular complexity index is 594. The van der Waals surface area contributed by atoms with Crippen molar-refractivity contribution in [3.05, 3.63) is 29.6 Å². The van der Waals surface area contributed by atoms with Crippen molar-refractivity contribution in [1.82, 2.24) is 15.0 Å². The molecule has 1 aromatic rings. The van der Waals surface area contributed by atoms with Crippen LogP contribution in [-0.2, 0) is 17.4 Å². The van der Waals surface area contributed by atoms with Gasteiger partial charge in [0.1, 0.15) is 0 Å². The number of hydrogen-bond donors (Lipinski definition) is 2. The van der Waals surface area contributed by atoms with Gasteiger partial charge in [0, 0.05) is 11.9 Å². The van der Waals surface area contributed by atoms with Crippen LogP contribution < -0.4 is 10.0 Å². The molecule has 1 spiro atoms. The van der Waals surface area contributed by atoms with Gasteiger partial charge in [0.2, 0.25) is 0 Å². The summed E-state index contributed by atoms with van der Waals surface area (Å²) < 4.78 is 23.6.